The lowest BCUT2D eigenvalue weighted by Gasteiger charge is -2.05. The highest BCUT2D eigenvalue weighted by Gasteiger charge is 2.01. The molecule has 0 aliphatic heterocycles. The summed E-state index contributed by atoms with van der Waals surface area (Å²) in [6.07, 6.45) is 3.43. The summed E-state index contributed by atoms with van der Waals surface area (Å²) in [7, 11) is 0. The number of hydrogen-bond acceptors (Lipinski definition) is 3. The van der Waals surface area contributed by atoms with Crippen LogP contribution in [0.2, 0.25) is 0 Å². The summed E-state index contributed by atoms with van der Waals surface area (Å²) in [6.45, 7) is 0. The van der Waals surface area contributed by atoms with Crippen molar-refractivity contribution in [1.82, 2.24) is 9.97 Å². The standard InChI is InChI=1S/C16H12FN3/c17-14-8-6-12(7-9-14)13-10-18-16(19-11-13)20-15-4-2-1-3-5-15/h1-11H,(H,18,19,20). The second-order valence-corrected chi connectivity index (χ2v) is 4.29. The number of nitrogens with zero attached hydrogens (tertiary/aromatic N) is 2. The van der Waals surface area contributed by atoms with Crippen molar-refractivity contribution in [3.05, 3.63) is 72.8 Å². The van der Waals surface area contributed by atoms with Crippen molar-refractivity contribution in [2.75, 3.05) is 5.32 Å². The van der Waals surface area contributed by atoms with Crippen molar-refractivity contribution in [3.8, 4) is 11.1 Å². The van der Waals surface area contributed by atoms with E-state index in [4.69, 9.17) is 0 Å². The van der Waals surface area contributed by atoms with Crippen molar-refractivity contribution in [2.45, 2.75) is 0 Å². The molecule has 3 aromatic rings. The Morgan fingerprint density at radius 3 is 2.05 bits per heavy atom. The average molecular weight is 265 g/mol. The first kappa shape index (κ1) is 12.3. The molecule has 1 aromatic heterocycles. The van der Waals surface area contributed by atoms with E-state index in [-0.39, 0.29) is 5.82 Å². The smallest absolute Gasteiger partial charge is 0.227 e. The second kappa shape index (κ2) is 5.48. The molecule has 1 heterocycles. The fourth-order valence-electron chi connectivity index (χ4n) is 1.83. The lowest BCUT2D eigenvalue weighted by molar-refractivity contribution is 0.628. The molecular weight excluding hydrogens is 253 g/mol. The largest absolute Gasteiger partial charge is 0.324 e. The minimum Gasteiger partial charge on any atom is -0.324 e. The molecule has 0 spiro atoms. The van der Waals surface area contributed by atoms with Gasteiger partial charge in [0.1, 0.15) is 5.82 Å². The van der Waals surface area contributed by atoms with Gasteiger partial charge >= 0.3 is 0 Å². The van der Waals surface area contributed by atoms with Gasteiger partial charge in [0.15, 0.2) is 0 Å². The van der Waals surface area contributed by atoms with Crippen LogP contribution in [0.1, 0.15) is 0 Å². The van der Waals surface area contributed by atoms with Crippen LogP contribution in [0.15, 0.2) is 67.0 Å². The Balaban J connectivity index is 1.79. The van der Waals surface area contributed by atoms with E-state index in [0.29, 0.717) is 5.95 Å². The first-order chi connectivity index (χ1) is 9.81. The molecule has 0 bridgehead atoms. The second-order valence-electron chi connectivity index (χ2n) is 4.29. The van der Waals surface area contributed by atoms with Gasteiger partial charge in [0.25, 0.3) is 0 Å². The molecule has 0 fully saturated rings. The summed E-state index contributed by atoms with van der Waals surface area (Å²) in [5.41, 5.74) is 2.67. The summed E-state index contributed by atoms with van der Waals surface area (Å²) in [5.74, 6) is 0.277. The minimum absolute atomic E-state index is 0.253. The third-order valence-electron chi connectivity index (χ3n) is 2.86. The molecule has 0 saturated carbocycles. The molecule has 0 aliphatic carbocycles. The van der Waals surface area contributed by atoms with Gasteiger partial charge in [-0.1, -0.05) is 30.3 Å². The zero-order valence-electron chi connectivity index (χ0n) is 10.6. The van der Waals surface area contributed by atoms with E-state index < -0.39 is 0 Å². The predicted molar refractivity (Wildman–Crippen MR) is 77.2 cm³/mol. The zero-order chi connectivity index (χ0) is 13.8. The average Bonchev–Trinajstić information content (AvgIpc) is 2.50. The summed E-state index contributed by atoms with van der Waals surface area (Å²) in [5, 5.41) is 3.11. The molecule has 4 heteroatoms. The molecule has 0 unspecified atom stereocenters. The number of benzene rings is 2. The quantitative estimate of drug-likeness (QED) is 0.777. The Morgan fingerprint density at radius 2 is 1.40 bits per heavy atom. The summed E-state index contributed by atoms with van der Waals surface area (Å²) < 4.78 is 12.9. The number of halogens is 1. The normalized spacial score (nSPS) is 10.2. The van der Waals surface area contributed by atoms with Crippen LogP contribution in [0.3, 0.4) is 0 Å². The van der Waals surface area contributed by atoms with E-state index in [9.17, 15) is 4.39 Å². The van der Waals surface area contributed by atoms with Gasteiger partial charge in [-0.3, -0.25) is 0 Å². The molecule has 20 heavy (non-hydrogen) atoms. The summed E-state index contributed by atoms with van der Waals surface area (Å²) in [6, 6.07) is 16.0. The van der Waals surface area contributed by atoms with Crippen molar-refractivity contribution < 1.29 is 4.39 Å². The number of anilines is 2. The van der Waals surface area contributed by atoms with Gasteiger partial charge in [0, 0.05) is 23.6 Å². The van der Waals surface area contributed by atoms with Gasteiger partial charge < -0.3 is 5.32 Å². The highest BCUT2D eigenvalue weighted by molar-refractivity contribution is 5.62. The SMILES string of the molecule is Fc1ccc(-c2cnc(Nc3ccccc3)nc2)cc1. The van der Waals surface area contributed by atoms with Gasteiger partial charge in [-0.2, -0.15) is 0 Å². The first-order valence-corrected chi connectivity index (χ1v) is 6.21. The summed E-state index contributed by atoms with van der Waals surface area (Å²) >= 11 is 0. The third-order valence-corrected chi connectivity index (χ3v) is 2.86. The van der Waals surface area contributed by atoms with Crippen LogP contribution >= 0.6 is 0 Å². The lowest BCUT2D eigenvalue weighted by atomic mass is 10.1. The fourth-order valence-corrected chi connectivity index (χ4v) is 1.83. The van der Waals surface area contributed by atoms with Crippen LogP contribution in [0.5, 0.6) is 0 Å². The molecule has 3 rings (SSSR count). The van der Waals surface area contributed by atoms with Gasteiger partial charge in [0.05, 0.1) is 0 Å². The number of para-hydroxylation sites is 1. The Labute approximate surface area is 116 Å². The number of nitrogens with one attached hydrogen (secondary N) is 1. The molecule has 0 amide bonds. The lowest BCUT2D eigenvalue weighted by Crippen LogP contribution is -1.96. The molecule has 1 N–H and O–H groups in total. The maximum atomic E-state index is 12.9. The molecule has 0 aliphatic rings. The van der Waals surface area contributed by atoms with Gasteiger partial charge in [-0.15, -0.1) is 0 Å². The highest BCUT2D eigenvalue weighted by atomic mass is 19.1. The Bertz CT molecular complexity index is 679. The fraction of sp³-hybridized carbons (Fsp3) is 0. The molecule has 98 valence electrons. The highest BCUT2D eigenvalue weighted by Crippen LogP contribution is 2.19. The molecule has 2 aromatic carbocycles. The van der Waals surface area contributed by atoms with Crippen molar-refractivity contribution in [3.63, 3.8) is 0 Å². The van der Waals surface area contributed by atoms with Crippen molar-refractivity contribution >= 4 is 11.6 Å². The summed E-state index contributed by atoms with van der Waals surface area (Å²) in [4.78, 5) is 8.51. The zero-order valence-corrected chi connectivity index (χ0v) is 10.6. The Kier molecular flexibility index (Phi) is 3.37. The van der Waals surface area contributed by atoms with Gasteiger partial charge in [-0.05, 0) is 29.8 Å². The van der Waals surface area contributed by atoms with E-state index in [1.54, 1.807) is 24.5 Å². The van der Waals surface area contributed by atoms with Crippen LogP contribution in [-0.4, -0.2) is 9.97 Å². The van der Waals surface area contributed by atoms with Crippen LogP contribution in [-0.2, 0) is 0 Å². The van der Waals surface area contributed by atoms with Crippen LogP contribution in [0.25, 0.3) is 11.1 Å². The number of aromatic nitrogens is 2. The Hall–Kier alpha value is -2.75. The molecule has 3 nitrogen and oxygen atoms in total. The molecular formula is C16H12FN3. The molecule has 0 saturated heterocycles. The minimum atomic E-state index is -0.253. The van der Waals surface area contributed by atoms with E-state index in [2.05, 4.69) is 15.3 Å². The molecule has 0 radical (unpaired) electrons. The number of hydrogen-bond donors (Lipinski definition) is 1. The predicted octanol–water partition coefficient (Wildman–Crippen LogP) is 4.03. The maximum absolute atomic E-state index is 12.9. The topological polar surface area (TPSA) is 37.8 Å². The monoisotopic (exact) mass is 265 g/mol. The van der Waals surface area contributed by atoms with Crippen LogP contribution < -0.4 is 5.32 Å². The van der Waals surface area contributed by atoms with E-state index in [1.807, 2.05) is 30.3 Å². The van der Waals surface area contributed by atoms with Crippen molar-refractivity contribution in [1.29, 1.82) is 0 Å². The number of rotatable bonds is 3. The van der Waals surface area contributed by atoms with E-state index in [0.717, 1.165) is 16.8 Å². The van der Waals surface area contributed by atoms with E-state index in [1.165, 1.54) is 12.1 Å². The Morgan fingerprint density at radius 1 is 0.750 bits per heavy atom. The van der Waals surface area contributed by atoms with E-state index >= 15 is 0 Å². The maximum Gasteiger partial charge on any atom is 0.227 e. The molecule has 0 atom stereocenters. The first-order valence-electron chi connectivity index (χ1n) is 6.21. The van der Waals surface area contributed by atoms with Crippen molar-refractivity contribution in [2.24, 2.45) is 0 Å². The third kappa shape index (κ3) is 2.80. The van der Waals surface area contributed by atoms with Gasteiger partial charge in [0.2, 0.25) is 5.95 Å². The van der Waals surface area contributed by atoms with Crippen LogP contribution in [0, 0.1) is 5.82 Å². The van der Waals surface area contributed by atoms with Crippen LogP contribution in [0.4, 0.5) is 16.0 Å². The van der Waals surface area contributed by atoms with Gasteiger partial charge in [-0.25, -0.2) is 14.4 Å².